The molecule has 6 heteroatoms. The Balaban J connectivity index is 2.41. The number of aryl methyl sites for hydroxylation is 2. The summed E-state index contributed by atoms with van der Waals surface area (Å²) in [5.41, 5.74) is 1.25. The number of aromatic nitrogens is 2. The van der Waals surface area contributed by atoms with Crippen LogP contribution in [0.2, 0.25) is 0 Å². The molecule has 1 aromatic heterocycles. The third-order valence-electron chi connectivity index (χ3n) is 3.57. The van der Waals surface area contributed by atoms with E-state index < -0.39 is 0 Å². The molecule has 1 heterocycles. The summed E-state index contributed by atoms with van der Waals surface area (Å²) in [6.45, 7) is 6.64. The number of Topliss-reactive ketones (excluding diaryl/α,β-unsaturated/α-hetero) is 1. The van der Waals surface area contributed by atoms with E-state index in [4.69, 9.17) is 0 Å². The van der Waals surface area contributed by atoms with Gasteiger partial charge < -0.3 is 5.32 Å². The average molecular weight is 372 g/mol. The van der Waals surface area contributed by atoms with Crippen LogP contribution < -0.4 is 5.32 Å². The van der Waals surface area contributed by atoms with Gasteiger partial charge >= 0.3 is 0 Å². The molecule has 0 saturated carbocycles. The first kappa shape index (κ1) is 18.9. The standard InChI is InChI=1S/C16H26BrN3O2/c1-4-6-7-8-9-10-13(21)11-18-16(22)15-14(17)12(3)19-20(15)5-2/h4-11H2,1-3H3,(H,18,22). The van der Waals surface area contributed by atoms with Crippen LogP contribution in [0.5, 0.6) is 0 Å². The van der Waals surface area contributed by atoms with Crippen LogP contribution in [-0.2, 0) is 11.3 Å². The summed E-state index contributed by atoms with van der Waals surface area (Å²) in [5, 5.41) is 6.98. The predicted octanol–water partition coefficient (Wildman–Crippen LogP) is 3.63. The van der Waals surface area contributed by atoms with Crippen LogP contribution in [0, 0.1) is 6.92 Å². The Morgan fingerprint density at radius 1 is 1.18 bits per heavy atom. The van der Waals surface area contributed by atoms with Crippen molar-refractivity contribution in [3.63, 3.8) is 0 Å². The van der Waals surface area contributed by atoms with E-state index >= 15 is 0 Å². The van der Waals surface area contributed by atoms with E-state index in [0.717, 1.165) is 18.5 Å². The second kappa shape index (κ2) is 9.77. The molecule has 1 rings (SSSR count). The van der Waals surface area contributed by atoms with Gasteiger partial charge in [0.15, 0.2) is 5.78 Å². The third kappa shape index (κ3) is 5.55. The van der Waals surface area contributed by atoms with Crippen molar-refractivity contribution in [2.75, 3.05) is 6.54 Å². The van der Waals surface area contributed by atoms with Crippen LogP contribution in [0.25, 0.3) is 0 Å². The maximum atomic E-state index is 12.2. The molecule has 0 aromatic carbocycles. The van der Waals surface area contributed by atoms with Crippen molar-refractivity contribution in [1.82, 2.24) is 15.1 Å². The minimum absolute atomic E-state index is 0.0836. The highest BCUT2D eigenvalue weighted by Gasteiger charge is 2.19. The Bertz CT molecular complexity index is 512. The molecule has 5 nitrogen and oxygen atoms in total. The predicted molar refractivity (Wildman–Crippen MR) is 91.1 cm³/mol. The van der Waals surface area contributed by atoms with Gasteiger partial charge in [-0.15, -0.1) is 0 Å². The average Bonchev–Trinajstić information content (AvgIpc) is 2.79. The lowest BCUT2D eigenvalue weighted by molar-refractivity contribution is -0.118. The number of hydrogen-bond acceptors (Lipinski definition) is 3. The van der Waals surface area contributed by atoms with E-state index in [2.05, 4.69) is 33.3 Å². The third-order valence-corrected chi connectivity index (χ3v) is 4.52. The molecule has 0 aliphatic rings. The fourth-order valence-electron chi connectivity index (χ4n) is 2.28. The van der Waals surface area contributed by atoms with Crippen LogP contribution in [0.1, 0.15) is 68.6 Å². The van der Waals surface area contributed by atoms with Gasteiger partial charge in [-0.1, -0.05) is 32.6 Å². The second-order valence-corrected chi connectivity index (χ2v) is 6.24. The number of nitrogens with zero attached hydrogens (tertiary/aromatic N) is 2. The lowest BCUT2D eigenvalue weighted by Gasteiger charge is -2.07. The molecule has 0 aliphatic carbocycles. The summed E-state index contributed by atoms with van der Waals surface area (Å²) < 4.78 is 2.34. The van der Waals surface area contributed by atoms with Gasteiger partial charge in [-0.3, -0.25) is 14.3 Å². The number of amides is 1. The summed E-state index contributed by atoms with van der Waals surface area (Å²) in [6, 6.07) is 0. The minimum Gasteiger partial charge on any atom is -0.344 e. The minimum atomic E-state index is -0.256. The number of halogens is 1. The molecule has 0 aliphatic heterocycles. The zero-order valence-electron chi connectivity index (χ0n) is 13.7. The second-order valence-electron chi connectivity index (χ2n) is 5.45. The Labute approximate surface area is 141 Å². The van der Waals surface area contributed by atoms with Crippen molar-refractivity contribution in [2.24, 2.45) is 0 Å². The van der Waals surface area contributed by atoms with Gasteiger partial charge in [-0.25, -0.2) is 0 Å². The van der Waals surface area contributed by atoms with Gasteiger partial charge in [0.05, 0.1) is 16.7 Å². The van der Waals surface area contributed by atoms with E-state index in [1.165, 1.54) is 19.3 Å². The molecule has 1 N–H and O–H groups in total. The van der Waals surface area contributed by atoms with Crippen molar-refractivity contribution in [1.29, 1.82) is 0 Å². The molecular weight excluding hydrogens is 346 g/mol. The molecule has 0 saturated heterocycles. The maximum absolute atomic E-state index is 12.2. The molecule has 0 atom stereocenters. The Morgan fingerprint density at radius 2 is 1.86 bits per heavy atom. The largest absolute Gasteiger partial charge is 0.344 e. The van der Waals surface area contributed by atoms with Gasteiger partial charge in [0, 0.05) is 13.0 Å². The van der Waals surface area contributed by atoms with Crippen LogP contribution in [-0.4, -0.2) is 28.0 Å². The summed E-state index contributed by atoms with van der Waals surface area (Å²) in [6.07, 6.45) is 6.13. The number of carbonyl (C=O) groups is 2. The van der Waals surface area contributed by atoms with Crippen molar-refractivity contribution >= 4 is 27.6 Å². The highest BCUT2D eigenvalue weighted by molar-refractivity contribution is 9.10. The van der Waals surface area contributed by atoms with E-state index in [9.17, 15) is 9.59 Å². The number of nitrogens with one attached hydrogen (secondary N) is 1. The van der Waals surface area contributed by atoms with Gasteiger partial charge in [-0.2, -0.15) is 5.10 Å². The van der Waals surface area contributed by atoms with Gasteiger partial charge in [0.1, 0.15) is 5.69 Å². The van der Waals surface area contributed by atoms with Crippen LogP contribution >= 0.6 is 15.9 Å². The first-order valence-corrected chi connectivity index (χ1v) is 8.83. The summed E-state index contributed by atoms with van der Waals surface area (Å²) in [7, 11) is 0. The Kier molecular flexibility index (Phi) is 8.38. The number of hydrogen-bond donors (Lipinski definition) is 1. The van der Waals surface area contributed by atoms with Crippen LogP contribution in [0.4, 0.5) is 0 Å². The molecule has 1 amide bonds. The summed E-state index contributed by atoms with van der Waals surface area (Å²) in [4.78, 5) is 24.0. The topological polar surface area (TPSA) is 64.0 Å². The lowest BCUT2D eigenvalue weighted by Crippen LogP contribution is -2.31. The van der Waals surface area contributed by atoms with Crippen molar-refractivity contribution in [3.8, 4) is 0 Å². The van der Waals surface area contributed by atoms with E-state index in [0.29, 0.717) is 23.1 Å². The van der Waals surface area contributed by atoms with Crippen molar-refractivity contribution in [2.45, 2.75) is 65.8 Å². The first-order chi connectivity index (χ1) is 10.5. The molecule has 1 aromatic rings. The monoisotopic (exact) mass is 371 g/mol. The molecular formula is C16H26BrN3O2. The summed E-state index contributed by atoms with van der Waals surface area (Å²) >= 11 is 3.39. The van der Waals surface area contributed by atoms with Gasteiger partial charge in [-0.05, 0) is 36.2 Å². The molecule has 0 unspecified atom stereocenters. The van der Waals surface area contributed by atoms with E-state index in [1.54, 1.807) is 4.68 Å². The molecule has 0 spiro atoms. The van der Waals surface area contributed by atoms with Crippen molar-refractivity contribution in [3.05, 3.63) is 15.9 Å². The fraction of sp³-hybridized carbons (Fsp3) is 0.688. The smallest absolute Gasteiger partial charge is 0.271 e. The van der Waals surface area contributed by atoms with E-state index in [-0.39, 0.29) is 18.2 Å². The molecule has 0 radical (unpaired) electrons. The SMILES string of the molecule is CCCCCCCC(=O)CNC(=O)c1c(Br)c(C)nn1CC. The normalized spacial score (nSPS) is 10.7. The quantitative estimate of drug-likeness (QED) is 0.638. The fourth-order valence-corrected chi connectivity index (χ4v) is 2.75. The van der Waals surface area contributed by atoms with Crippen molar-refractivity contribution < 1.29 is 9.59 Å². The number of carbonyl (C=O) groups excluding carboxylic acids is 2. The lowest BCUT2D eigenvalue weighted by atomic mass is 10.1. The zero-order valence-corrected chi connectivity index (χ0v) is 15.3. The van der Waals surface area contributed by atoms with E-state index in [1.807, 2.05) is 13.8 Å². The molecule has 0 fully saturated rings. The Hall–Kier alpha value is -1.17. The molecule has 0 bridgehead atoms. The highest BCUT2D eigenvalue weighted by atomic mass is 79.9. The van der Waals surface area contributed by atoms with Crippen LogP contribution in [0.15, 0.2) is 4.47 Å². The number of rotatable bonds is 10. The number of ketones is 1. The highest BCUT2D eigenvalue weighted by Crippen LogP contribution is 2.20. The molecule has 124 valence electrons. The van der Waals surface area contributed by atoms with Gasteiger partial charge in [0.2, 0.25) is 0 Å². The first-order valence-electron chi connectivity index (χ1n) is 8.04. The molecule has 22 heavy (non-hydrogen) atoms. The maximum Gasteiger partial charge on any atom is 0.271 e. The number of unbranched alkanes of at least 4 members (excludes halogenated alkanes) is 4. The Morgan fingerprint density at radius 3 is 2.50 bits per heavy atom. The van der Waals surface area contributed by atoms with Crippen LogP contribution in [0.3, 0.4) is 0 Å². The zero-order chi connectivity index (χ0) is 16.5. The van der Waals surface area contributed by atoms with Gasteiger partial charge in [0.25, 0.3) is 5.91 Å². The summed E-state index contributed by atoms with van der Waals surface area (Å²) in [5.74, 6) is -0.172.